The summed E-state index contributed by atoms with van der Waals surface area (Å²) in [6, 6.07) is -0.664. The van der Waals surface area contributed by atoms with E-state index in [4.69, 9.17) is 30.7 Å². The molecule has 0 fully saturated rings. The van der Waals surface area contributed by atoms with Gasteiger partial charge in [0.15, 0.2) is 0 Å². The average Bonchev–Trinajstić information content (AvgIpc) is 2.22. The molecular weight excluding hydrogens is 298 g/mol. The minimum absolute atomic E-state index is 0.123. The first kappa shape index (κ1) is 18.9. The fourth-order valence-electron chi connectivity index (χ4n) is 1.43. The molecule has 0 amide bonds. The maximum atomic E-state index is 11.1. The molecular formula is C8H20N2O7P2. The molecule has 0 bridgehead atoms. The molecule has 114 valence electrons. The number of hydrogen-bond acceptors (Lipinski definition) is 5. The summed E-state index contributed by atoms with van der Waals surface area (Å²) in [7, 11) is -10.9. The van der Waals surface area contributed by atoms with Gasteiger partial charge in [0, 0.05) is 18.2 Å². The van der Waals surface area contributed by atoms with Crippen LogP contribution in [0.5, 0.6) is 0 Å². The molecule has 9 nitrogen and oxygen atoms in total. The second-order valence-electron chi connectivity index (χ2n) is 4.28. The molecule has 8 N–H and O–H groups in total. The fraction of sp³-hybridized carbons (Fsp3) is 0.875. The first-order valence-electron chi connectivity index (χ1n) is 5.53. The van der Waals surface area contributed by atoms with E-state index in [0.717, 1.165) is 0 Å². The average molecular weight is 318 g/mol. The zero-order valence-electron chi connectivity index (χ0n) is 10.4. The lowest BCUT2D eigenvalue weighted by atomic mass is 10.0. The van der Waals surface area contributed by atoms with Gasteiger partial charge >= 0.3 is 15.2 Å². The van der Waals surface area contributed by atoms with Crippen LogP contribution >= 0.6 is 15.2 Å². The lowest BCUT2D eigenvalue weighted by Crippen LogP contribution is -2.34. The highest BCUT2D eigenvalue weighted by Gasteiger charge is 2.58. The van der Waals surface area contributed by atoms with E-state index in [2.05, 4.69) is 0 Å². The van der Waals surface area contributed by atoms with E-state index in [0.29, 0.717) is 12.8 Å². The maximum absolute atomic E-state index is 11.1. The second-order valence-corrected chi connectivity index (χ2v) is 8.29. The summed E-state index contributed by atoms with van der Waals surface area (Å²) in [5, 5.41) is 13.7. The Morgan fingerprint density at radius 1 is 1.26 bits per heavy atom. The zero-order chi connectivity index (χ0) is 15.5. The Hall–Kier alpha value is -0.110. The number of aliphatic hydroxyl groups is 1. The third-order valence-corrected chi connectivity index (χ3v) is 6.59. The third kappa shape index (κ3) is 4.73. The highest BCUT2D eigenvalue weighted by Crippen LogP contribution is 2.69. The van der Waals surface area contributed by atoms with Gasteiger partial charge in [0.25, 0.3) is 5.08 Å². The van der Waals surface area contributed by atoms with E-state index in [1.807, 2.05) is 6.92 Å². The summed E-state index contributed by atoms with van der Waals surface area (Å²) in [6.07, 6.45) is -0.195. The van der Waals surface area contributed by atoms with Crippen molar-refractivity contribution >= 4 is 20.9 Å². The van der Waals surface area contributed by atoms with Crippen molar-refractivity contribution in [3.8, 4) is 0 Å². The van der Waals surface area contributed by atoms with Gasteiger partial charge in [0.05, 0.1) is 0 Å². The number of rotatable bonds is 8. The molecule has 0 saturated heterocycles. The van der Waals surface area contributed by atoms with Gasteiger partial charge in [0.2, 0.25) is 0 Å². The number of hydrogen-bond donors (Lipinski definition) is 7. The van der Waals surface area contributed by atoms with Crippen LogP contribution in [0.3, 0.4) is 0 Å². The highest BCUT2D eigenvalue weighted by molar-refractivity contribution is 7.72. The Labute approximate surface area is 110 Å². The Balaban J connectivity index is 4.96. The summed E-state index contributed by atoms with van der Waals surface area (Å²) in [4.78, 5) is 35.6. The molecule has 1 atom stereocenters. The molecule has 0 radical (unpaired) electrons. The van der Waals surface area contributed by atoms with Crippen LogP contribution in [0.2, 0.25) is 0 Å². The predicted octanol–water partition coefficient (Wildman–Crippen LogP) is -0.0847. The van der Waals surface area contributed by atoms with Gasteiger partial charge in [-0.25, -0.2) is 0 Å². The van der Waals surface area contributed by atoms with Crippen LogP contribution in [0.25, 0.3) is 0 Å². The summed E-state index contributed by atoms with van der Waals surface area (Å²) in [6.45, 7) is 1.83. The van der Waals surface area contributed by atoms with Crippen LogP contribution in [0, 0.1) is 5.41 Å². The quantitative estimate of drug-likeness (QED) is 0.239. The van der Waals surface area contributed by atoms with Crippen LogP contribution < -0.4 is 5.73 Å². The first-order chi connectivity index (χ1) is 8.37. The van der Waals surface area contributed by atoms with Gasteiger partial charge in [-0.05, 0) is 12.8 Å². The zero-order valence-corrected chi connectivity index (χ0v) is 12.2. The highest BCUT2D eigenvalue weighted by atomic mass is 31.2. The van der Waals surface area contributed by atoms with Gasteiger partial charge in [-0.1, -0.05) is 13.3 Å². The number of nitrogens with two attached hydrogens (primary N) is 1. The van der Waals surface area contributed by atoms with Crippen LogP contribution in [0.1, 0.15) is 32.6 Å². The Bertz CT molecular complexity index is 393. The molecule has 0 spiro atoms. The van der Waals surface area contributed by atoms with Crippen molar-refractivity contribution in [1.82, 2.24) is 0 Å². The van der Waals surface area contributed by atoms with E-state index < -0.39 is 39.2 Å². The standard InChI is InChI=1S/C8H20N2O7P2/c1-2-3-6(9)7(10)4-5-8(11,18(12,13)14)19(15,16)17/h6,10-11H,2-5,9H2,1H3,(H2,12,13,14)(H2,15,16,17). The summed E-state index contributed by atoms with van der Waals surface area (Å²) < 4.78 is 22.1. The summed E-state index contributed by atoms with van der Waals surface area (Å²) in [5.74, 6) is 0. The fourth-order valence-corrected chi connectivity index (χ4v) is 3.60. The normalized spacial score (nSPS) is 15.3. The van der Waals surface area contributed by atoms with Crippen molar-refractivity contribution in [3.63, 3.8) is 0 Å². The van der Waals surface area contributed by atoms with Gasteiger partial charge in [0.1, 0.15) is 0 Å². The molecule has 1 unspecified atom stereocenters. The Morgan fingerprint density at radius 2 is 1.68 bits per heavy atom. The number of nitrogens with one attached hydrogen (secondary N) is 1. The Kier molecular flexibility index (Phi) is 6.52. The SMILES string of the molecule is CCCC(N)C(=N)CCC(O)(P(=O)(O)O)P(=O)(O)O. The molecule has 0 saturated carbocycles. The predicted molar refractivity (Wildman–Crippen MR) is 68.9 cm³/mol. The van der Waals surface area contributed by atoms with Crippen molar-refractivity contribution in [2.45, 2.75) is 43.7 Å². The van der Waals surface area contributed by atoms with Gasteiger partial charge in [-0.15, -0.1) is 0 Å². The molecule has 0 aromatic heterocycles. The largest absolute Gasteiger partial charge is 0.369 e. The molecule has 0 aromatic carbocycles. The van der Waals surface area contributed by atoms with Crippen LogP contribution in [0.4, 0.5) is 0 Å². The first-order valence-corrected chi connectivity index (χ1v) is 8.76. The lowest BCUT2D eigenvalue weighted by Gasteiger charge is -2.29. The van der Waals surface area contributed by atoms with Crippen molar-refractivity contribution in [2.24, 2.45) is 5.73 Å². The molecule has 0 aromatic rings. The maximum Gasteiger partial charge on any atom is 0.369 e. The summed E-state index contributed by atoms with van der Waals surface area (Å²) in [5.41, 5.74) is 5.46. The molecule has 19 heavy (non-hydrogen) atoms. The van der Waals surface area contributed by atoms with E-state index >= 15 is 0 Å². The second kappa shape index (κ2) is 6.56. The lowest BCUT2D eigenvalue weighted by molar-refractivity contribution is 0.124. The molecule has 0 aliphatic heterocycles. The monoisotopic (exact) mass is 318 g/mol. The van der Waals surface area contributed by atoms with Crippen LogP contribution in [0.15, 0.2) is 0 Å². The van der Waals surface area contributed by atoms with E-state index in [1.165, 1.54) is 0 Å². The van der Waals surface area contributed by atoms with Crippen molar-refractivity contribution < 1.29 is 33.8 Å². The smallest absolute Gasteiger partial charge is 0.368 e. The summed E-state index contributed by atoms with van der Waals surface area (Å²) >= 11 is 0. The molecule has 0 aliphatic rings. The minimum Gasteiger partial charge on any atom is -0.368 e. The van der Waals surface area contributed by atoms with Gasteiger partial charge in [-0.2, -0.15) is 0 Å². The molecule has 0 aliphatic carbocycles. The van der Waals surface area contributed by atoms with E-state index in [1.54, 1.807) is 0 Å². The van der Waals surface area contributed by atoms with Crippen molar-refractivity contribution in [1.29, 1.82) is 5.41 Å². The van der Waals surface area contributed by atoms with Gasteiger partial charge < -0.3 is 35.8 Å². The third-order valence-electron chi connectivity index (χ3n) is 2.71. The van der Waals surface area contributed by atoms with Crippen molar-refractivity contribution in [2.75, 3.05) is 0 Å². The molecule has 11 heteroatoms. The van der Waals surface area contributed by atoms with Gasteiger partial charge in [-0.3, -0.25) is 9.13 Å². The Morgan fingerprint density at radius 3 is 2.00 bits per heavy atom. The topological polar surface area (TPSA) is 185 Å². The van der Waals surface area contributed by atoms with Crippen LogP contribution in [-0.2, 0) is 9.13 Å². The molecule has 0 rings (SSSR count). The van der Waals surface area contributed by atoms with Crippen LogP contribution in [-0.4, -0.2) is 41.5 Å². The van der Waals surface area contributed by atoms with Crippen molar-refractivity contribution in [3.05, 3.63) is 0 Å². The molecule has 0 heterocycles. The van der Waals surface area contributed by atoms with E-state index in [9.17, 15) is 14.2 Å². The van der Waals surface area contributed by atoms with E-state index in [-0.39, 0.29) is 5.71 Å². The minimum atomic E-state index is -5.46.